The van der Waals surface area contributed by atoms with Gasteiger partial charge in [-0.2, -0.15) is 0 Å². The number of ether oxygens (including phenoxy) is 1. The van der Waals surface area contributed by atoms with Gasteiger partial charge in [0, 0.05) is 0 Å². The van der Waals surface area contributed by atoms with Crippen molar-refractivity contribution < 1.29 is 19.7 Å². The van der Waals surface area contributed by atoms with Gasteiger partial charge in [-0.1, -0.05) is 17.7 Å². The first-order valence-corrected chi connectivity index (χ1v) is 4.73. The molecule has 0 heterocycles. The average molecular weight is 231 g/mol. The first-order valence-electron chi connectivity index (χ1n) is 4.35. The molecule has 0 aliphatic carbocycles. The molecule has 1 aromatic carbocycles. The Labute approximate surface area is 92.1 Å². The molecule has 1 atom stereocenters. The molecule has 0 radical (unpaired) electrons. The van der Waals surface area contributed by atoms with Crippen molar-refractivity contribution in [1.82, 2.24) is 0 Å². The minimum absolute atomic E-state index is 0.00398. The highest BCUT2D eigenvalue weighted by Gasteiger charge is 2.14. The number of aliphatic hydroxyl groups excluding tert-OH is 1. The third kappa shape index (κ3) is 3.11. The summed E-state index contributed by atoms with van der Waals surface area (Å²) in [6.07, 6.45) is -0.678. The van der Waals surface area contributed by atoms with Gasteiger partial charge in [-0.05, 0) is 19.1 Å². The van der Waals surface area contributed by atoms with E-state index >= 15 is 0 Å². The first kappa shape index (κ1) is 11.8. The largest absolute Gasteiger partial charge is 0.488 e. The van der Waals surface area contributed by atoms with E-state index in [0.717, 1.165) is 0 Å². The second kappa shape index (κ2) is 5.00. The standard InChI is InChI=1S/C10H11ClO4/c1-6(12)5-15-9-7(10(13)14)3-2-4-8(9)11/h2-4,6,12H,5H2,1H3,(H,13,14). The Balaban J connectivity index is 2.97. The number of benzene rings is 1. The Morgan fingerprint density at radius 3 is 2.80 bits per heavy atom. The van der Waals surface area contributed by atoms with Crippen molar-refractivity contribution in [2.24, 2.45) is 0 Å². The van der Waals surface area contributed by atoms with Gasteiger partial charge < -0.3 is 14.9 Å². The zero-order valence-electron chi connectivity index (χ0n) is 8.11. The summed E-state index contributed by atoms with van der Waals surface area (Å²) in [5, 5.41) is 18.1. The van der Waals surface area contributed by atoms with E-state index in [1.165, 1.54) is 25.1 Å². The summed E-state index contributed by atoms with van der Waals surface area (Å²) in [6.45, 7) is 1.54. The van der Waals surface area contributed by atoms with Gasteiger partial charge in [-0.25, -0.2) is 4.79 Å². The fourth-order valence-corrected chi connectivity index (χ4v) is 1.26. The van der Waals surface area contributed by atoms with Gasteiger partial charge in [0.1, 0.15) is 12.2 Å². The van der Waals surface area contributed by atoms with Gasteiger partial charge in [0.15, 0.2) is 5.75 Å². The quantitative estimate of drug-likeness (QED) is 0.828. The molecule has 15 heavy (non-hydrogen) atoms. The van der Waals surface area contributed by atoms with Crippen molar-refractivity contribution in [3.63, 3.8) is 0 Å². The SMILES string of the molecule is CC(O)COc1c(Cl)cccc1C(=O)O. The number of halogens is 1. The maximum absolute atomic E-state index is 10.8. The Morgan fingerprint density at radius 2 is 2.27 bits per heavy atom. The molecule has 0 spiro atoms. The summed E-state index contributed by atoms with van der Waals surface area (Å²) in [7, 11) is 0. The number of aromatic carboxylic acids is 1. The summed E-state index contributed by atoms with van der Waals surface area (Å²) in [5.74, 6) is -1.02. The van der Waals surface area contributed by atoms with Crippen molar-refractivity contribution in [3.8, 4) is 5.75 Å². The number of carbonyl (C=O) groups is 1. The molecule has 0 aliphatic heterocycles. The van der Waals surface area contributed by atoms with E-state index in [2.05, 4.69) is 0 Å². The van der Waals surface area contributed by atoms with Crippen LogP contribution in [0.3, 0.4) is 0 Å². The maximum Gasteiger partial charge on any atom is 0.339 e. The van der Waals surface area contributed by atoms with Crippen LogP contribution in [-0.2, 0) is 0 Å². The van der Waals surface area contributed by atoms with Crippen LogP contribution in [0.5, 0.6) is 5.75 Å². The predicted octanol–water partition coefficient (Wildman–Crippen LogP) is 1.80. The minimum Gasteiger partial charge on any atom is -0.488 e. The lowest BCUT2D eigenvalue weighted by molar-refractivity contribution is 0.0686. The molecule has 0 saturated heterocycles. The van der Waals surface area contributed by atoms with E-state index in [1.54, 1.807) is 0 Å². The number of hydrogen-bond donors (Lipinski definition) is 2. The van der Waals surface area contributed by atoms with Gasteiger partial charge in [-0.15, -0.1) is 0 Å². The monoisotopic (exact) mass is 230 g/mol. The lowest BCUT2D eigenvalue weighted by atomic mass is 10.2. The molecule has 4 nitrogen and oxygen atoms in total. The Morgan fingerprint density at radius 1 is 1.60 bits per heavy atom. The van der Waals surface area contributed by atoms with Gasteiger partial charge in [0.2, 0.25) is 0 Å². The lowest BCUT2D eigenvalue weighted by Crippen LogP contribution is -2.14. The number of hydrogen-bond acceptors (Lipinski definition) is 3. The van der Waals surface area contributed by atoms with E-state index in [9.17, 15) is 4.79 Å². The van der Waals surface area contributed by atoms with Crippen LogP contribution in [0.4, 0.5) is 0 Å². The van der Waals surface area contributed by atoms with E-state index in [1.807, 2.05) is 0 Å². The lowest BCUT2D eigenvalue weighted by Gasteiger charge is -2.11. The normalized spacial score (nSPS) is 12.2. The molecule has 0 bridgehead atoms. The number of carboxylic acids is 1. The van der Waals surface area contributed by atoms with Gasteiger partial charge >= 0.3 is 5.97 Å². The summed E-state index contributed by atoms with van der Waals surface area (Å²) in [5.41, 5.74) is -0.0110. The number of carboxylic acid groups (broad SMARTS) is 1. The Hall–Kier alpha value is -1.26. The van der Waals surface area contributed by atoms with Crippen LogP contribution >= 0.6 is 11.6 Å². The van der Waals surface area contributed by atoms with Crippen molar-refractivity contribution in [1.29, 1.82) is 0 Å². The fraction of sp³-hybridized carbons (Fsp3) is 0.300. The molecule has 0 saturated carbocycles. The molecule has 1 aromatic rings. The maximum atomic E-state index is 10.8. The molecule has 0 aromatic heterocycles. The fourth-order valence-electron chi connectivity index (χ4n) is 1.03. The molecular formula is C10H11ClO4. The molecule has 0 fully saturated rings. The molecule has 1 unspecified atom stereocenters. The highest BCUT2D eigenvalue weighted by atomic mass is 35.5. The van der Waals surface area contributed by atoms with Gasteiger partial charge in [-0.3, -0.25) is 0 Å². The minimum atomic E-state index is -1.11. The number of aliphatic hydroxyl groups is 1. The van der Waals surface area contributed by atoms with Gasteiger partial charge in [0.25, 0.3) is 0 Å². The second-order valence-electron chi connectivity index (χ2n) is 3.08. The van der Waals surface area contributed by atoms with Crippen molar-refractivity contribution in [2.75, 3.05) is 6.61 Å². The van der Waals surface area contributed by atoms with Crippen molar-refractivity contribution in [3.05, 3.63) is 28.8 Å². The zero-order valence-corrected chi connectivity index (χ0v) is 8.86. The third-order valence-corrected chi connectivity index (χ3v) is 1.96. The van der Waals surface area contributed by atoms with E-state index in [4.69, 9.17) is 26.6 Å². The molecule has 0 aliphatic rings. The average Bonchev–Trinajstić information content (AvgIpc) is 2.15. The number of para-hydroxylation sites is 1. The molecule has 82 valence electrons. The molecule has 1 rings (SSSR count). The Bertz CT molecular complexity index is 362. The van der Waals surface area contributed by atoms with Crippen LogP contribution in [0.25, 0.3) is 0 Å². The molecule has 0 amide bonds. The van der Waals surface area contributed by atoms with Crippen LogP contribution < -0.4 is 4.74 Å². The summed E-state index contributed by atoms with van der Waals surface area (Å²) in [4.78, 5) is 10.8. The van der Waals surface area contributed by atoms with Crippen molar-refractivity contribution in [2.45, 2.75) is 13.0 Å². The van der Waals surface area contributed by atoms with E-state index in [0.29, 0.717) is 0 Å². The van der Waals surface area contributed by atoms with Crippen LogP contribution in [0.1, 0.15) is 17.3 Å². The first-order chi connectivity index (χ1) is 7.02. The second-order valence-corrected chi connectivity index (χ2v) is 3.49. The Kier molecular flexibility index (Phi) is 3.94. The van der Waals surface area contributed by atoms with Crippen LogP contribution in [0, 0.1) is 0 Å². The zero-order chi connectivity index (χ0) is 11.4. The van der Waals surface area contributed by atoms with E-state index in [-0.39, 0.29) is 22.9 Å². The van der Waals surface area contributed by atoms with Gasteiger partial charge in [0.05, 0.1) is 11.1 Å². The highest BCUT2D eigenvalue weighted by Crippen LogP contribution is 2.28. The summed E-state index contributed by atoms with van der Waals surface area (Å²) in [6, 6.07) is 4.46. The van der Waals surface area contributed by atoms with Crippen LogP contribution in [-0.4, -0.2) is 28.9 Å². The van der Waals surface area contributed by atoms with Crippen molar-refractivity contribution >= 4 is 17.6 Å². The summed E-state index contributed by atoms with van der Waals surface area (Å²) < 4.78 is 5.13. The summed E-state index contributed by atoms with van der Waals surface area (Å²) >= 11 is 5.79. The molecule has 2 N–H and O–H groups in total. The van der Waals surface area contributed by atoms with E-state index < -0.39 is 12.1 Å². The topological polar surface area (TPSA) is 66.8 Å². The predicted molar refractivity (Wildman–Crippen MR) is 55.6 cm³/mol. The molecule has 5 heteroatoms. The van der Waals surface area contributed by atoms with Crippen LogP contribution in [0.2, 0.25) is 5.02 Å². The molecular weight excluding hydrogens is 220 g/mol. The number of rotatable bonds is 4. The van der Waals surface area contributed by atoms with Crippen LogP contribution in [0.15, 0.2) is 18.2 Å². The highest BCUT2D eigenvalue weighted by molar-refractivity contribution is 6.32. The smallest absolute Gasteiger partial charge is 0.339 e. The third-order valence-electron chi connectivity index (χ3n) is 1.67.